The molecule has 1 saturated heterocycles. The van der Waals surface area contributed by atoms with E-state index in [1.54, 1.807) is 0 Å². The third-order valence-electron chi connectivity index (χ3n) is 1.79. The Balaban J connectivity index is 2.22. The molecule has 0 aliphatic carbocycles. The highest BCUT2D eigenvalue weighted by molar-refractivity contribution is 4.69. The van der Waals surface area contributed by atoms with Gasteiger partial charge in [-0.15, -0.1) is 0 Å². The minimum Gasteiger partial charge on any atom is -0.274 e. The van der Waals surface area contributed by atoms with Crippen LogP contribution in [0, 0.1) is 0 Å². The number of alkyl halides is 1. The summed E-state index contributed by atoms with van der Waals surface area (Å²) in [5.74, 6) is 0. The van der Waals surface area contributed by atoms with Gasteiger partial charge in [-0.25, -0.2) is 4.39 Å². The topological polar surface area (TPSA) is 3.24 Å². The molecule has 1 unspecified atom stereocenters. The van der Waals surface area contributed by atoms with Crippen LogP contribution in [-0.4, -0.2) is 24.3 Å². The molecule has 1 fully saturated rings. The van der Waals surface area contributed by atoms with Crippen LogP contribution in [0.2, 0.25) is 0 Å². The summed E-state index contributed by atoms with van der Waals surface area (Å²) in [5.41, 5.74) is 0. The second-order valence-corrected chi connectivity index (χ2v) is 2.61. The van der Waals surface area contributed by atoms with Crippen molar-refractivity contribution in [1.82, 2.24) is 4.90 Å². The highest BCUT2D eigenvalue weighted by Crippen LogP contribution is 2.17. The van der Waals surface area contributed by atoms with E-state index in [0.29, 0.717) is 0 Å². The Morgan fingerprint density at radius 2 is 2.44 bits per heavy atom. The van der Waals surface area contributed by atoms with E-state index in [4.69, 9.17) is 0 Å². The number of rotatable bonds is 2. The maximum absolute atomic E-state index is 12.7. The van der Waals surface area contributed by atoms with Crippen molar-refractivity contribution in [3.8, 4) is 0 Å². The molecule has 0 amide bonds. The summed E-state index contributed by atoms with van der Waals surface area (Å²) in [5, 5.41) is 0. The highest BCUT2D eigenvalue weighted by atomic mass is 19.1. The third-order valence-corrected chi connectivity index (χ3v) is 1.79. The van der Waals surface area contributed by atoms with Crippen molar-refractivity contribution in [1.29, 1.82) is 0 Å². The summed E-state index contributed by atoms with van der Waals surface area (Å²) in [6, 6.07) is 0. The van der Waals surface area contributed by atoms with Crippen LogP contribution in [0.1, 0.15) is 26.2 Å². The maximum Gasteiger partial charge on any atom is 0.153 e. The Morgan fingerprint density at radius 1 is 1.67 bits per heavy atom. The predicted molar refractivity (Wildman–Crippen MR) is 36.0 cm³/mol. The van der Waals surface area contributed by atoms with Gasteiger partial charge in [0.2, 0.25) is 0 Å². The van der Waals surface area contributed by atoms with Gasteiger partial charge < -0.3 is 0 Å². The third kappa shape index (κ3) is 1.65. The standard InChI is InChI=1S/C7H14FN/c1-2-5-9-6-3-4-7(9)8/h7H,2-6H2,1H3. The van der Waals surface area contributed by atoms with E-state index in [9.17, 15) is 4.39 Å². The molecule has 1 aliphatic rings. The highest BCUT2D eigenvalue weighted by Gasteiger charge is 2.21. The molecule has 1 heterocycles. The lowest BCUT2D eigenvalue weighted by Gasteiger charge is -2.15. The molecule has 0 N–H and O–H groups in total. The van der Waals surface area contributed by atoms with E-state index >= 15 is 0 Å². The second-order valence-electron chi connectivity index (χ2n) is 2.61. The second kappa shape index (κ2) is 3.16. The fraction of sp³-hybridized carbons (Fsp3) is 1.00. The van der Waals surface area contributed by atoms with Gasteiger partial charge in [0.15, 0.2) is 6.30 Å². The van der Waals surface area contributed by atoms with Crippen molar-refractivity contribution in [2.75, 3.05) is 13.1 Å². The van der Waals surface area contributed by atoms with Crippen molar-refractivity contribution in [3.05, 3.63) is 0 Å². The minimum absolute atomic E-state index is 0.634. The molecule has 0 aromatic heterocycles. The van der Waals surface area contributed by atoms with Crippen molar-refractivity contribution < 1.29 is 4.39 Å². The fourth-order valence-corrected chi connectivity index (χ4v) is 1.32. The largest absolute Gasteiger partial charge is 0.274 e. The smallest absolute Gasteiger partial charge is 0.153 e. The molecule has 0 bridgehead atoms. The van der Waals surface area contributed by atoms with Crippen LogP contribution >= 0.6 is 0 Å². The van der Waals surface area contributed by atoms with Crippen LogP contribution in [0.5, 0.6) is 0 Å². The average Bonchev–Trinajstić information content (AvgIpc) is 2.18. The zero-order valence-corrected chi connectivity index (χ0v) is 5.94. The average molecular weight is 131 g/mol. The molecule has 1 atom stereocenters. The molecule has 0 radical (unpaired) electrons. The van der Waals surface area contributed by atoms with Gasteiger partial charge in [0, 0.05) is 13.1 Å². The molecule has 0 aromatic carbocycles. The summed E-state index contributed by atoms with van der Waals surface area (Å²) < 4.78 is 12.7. The van der Waals surface area contributed by atoms with Gasteiger partial charge in [0.05, 0.1) is 0 Å². The monoisotopic (exact) mass is 131 g/mol. The first-order valence-electron chi connectivity index (χ1n) is 3.72. The number of likely N-dealkylation sites (tertiary alicyclic amines) is 1. The molecule has 54 valence electrons. The van der Waals surface area contributed by atoms with Crippen molar-refractivity contribution >= 4 is 0 Å². The summed E-state index contributed by atoms with van der Waals surface area (Å²) in [4.78, 5) is 1.92. The van der Waals surface area contributed by atoms with Crippen molar-refractivity contribution in [2.24, 2.45) is 0 Å². The Bertz CT molecular complexity index is 85.0. The minimum atomic E-state index is -0.634. The van der Waals surface area contributed by atoms with E-state index in [-0.39, 0.29) is 0 Å². The first kappa shape index (κ1) is 7.00. The first-order chi connectivity index (χ1) is 4.34. The number of hydrogen-bond donors (Lipinski definition) is 0. The van der Waals surface area contributed by atoms with Gasteiger partial charge in [-0.3, -0.25) is 4.90 Å². The summed E-state index contributed by atoms with van der Waals surface area (Å²) in [7, 11) is 0. The van der Waals surface area contributed by atoms with E-state index in [1.165, 1.54) is 0 Å². The normalized spacial score (nSPS) is 29.3. The first-order valence-corrected chi connectivity index (χ1v) is 3.72. The molecular weight excluding hydrogens is 117 g/mol. The van der Waals surface area contributed by atoms with E-state index in [0.717, 1.165) is 32.4 Å². The molecule has 0 saturated carbocycles. The molecule has 0 aromatic rings. The fourth-order valence-electron chi connectivity index (χ4n) is 1.32. The quantitative estimate of drug-likeness (QED) is 0.516. The molecular formula is C7H14FN. The Kier molecular flexibility index (Phi) is 2.46. The Hall–Kier alpha value is -0.110. The zero-order valence-electron chi connectivity index (χ0n) is 5.94. The molecule has 1 nitrogen and oxygen atoms in total. The molecule has 2 heteroatoms. The van der Waals surface area contributed by atoms with Crippen LogP contribution in [0.3, 0.4) is 0 Å². The van der Waals surface area contributed by atoms with Gasteiger partial charge in [-0.1, -0.05) is 6.92 Å². The Morgan fingerprint density at radius 3 is 2.89 bits per heavy atom. The SMILES string of the molecule is CCCN1CCCC1F. The summed E-state index contributed by atoms with van der Waals surface area (Å²) in [6.45, 7) is 3.99. The lowest BCUT2D eigenvalue weighted by Crippen LogP contribution is -2.26. The van der Waals surface area contributed by atoms with Crippen LogP contribution in [-0.2, 0) is 0 Å². The van der Waals surface area contributed by atoms with E-state index in [1.807, 2.05) is 4.90 Å². The van der Waals surface area contributed by atoms with Crippen LogP contribution in [0.4, 0.5) is 4.39 Å². The number of nitrogens with zero attached hydrogens (tertiary/aromatic N) is 1. The van der Waals surface area contributed by atoms with E-state index in [2.05, 4.69) is 6.92 Å². The van der Waals surface area contributed by atoms with Gasteiger partial charge >= 0.3 is 0 Å². The molecule has 1 rings (SSSR count). The lowest BCUT2D eigenvalue weighted by molar-refractivity contribution is 0.128. The van der Waals surface area contributed by atoms with E-state index < -0.39 is 6.30 Å². The molecule has 9 heavy (non-hydrogen) atoms. The van der Waals surface area contributed by atoms with Gasteiger partial charge in [-0.05, 0) is 19.3 Å². The number of halogens is 1. The zero-order chi connectivity index (χ0) is 6.69. The lowest BCUT2D eigenvalue weighted by atomic mass is 10.4. The maximum atomic E-state index is 12.7. The van der Waals surface area contributed by atoms with Crippen molar-refractivity contribution in [3.63, 3.8) is 0 Å². The summed E-state index contributed by atoms with van der Waals surface area (Å²) >= 11 is 0. The molecule has 0 spiro atoms. The summed E-state index contributed by atoms with van der Waals surface area (Å²) in [6.07, 6.45) is 2.23. The van der Waals surface area contributed by atoms with Gasteiger partial charge in [-0.2, -0.15) is 0 Å². The van der Waals surface area contributed by atoms with Crippen LogP contribution in [0.25, 0.3) is 0 Å². The van der Waals surface area contributed by atoms with Crippen molar-refractivity contribution in [2.45, 2.75) is 32.5 Å². The van der Waals surface area contributed by atoms with Gasteiger partial charge in [0.25, 0.3) is 0 Å². The van der Waals surface area contributed by atoms with Gasteiger partial charge in [0.1, 0.15) is 0 Å². The number of hydrogen-bond acceptors (Lipinski definition) is 1. The Labute approximate surface area is 55.8 Å². The molecule has 1 aliphatic heterocycles. The predicted octanol–water partition coefficient (Wildman–Crippen LogP) is 1.79. The van der Waals surface area contributed by atoms with Crippen LogP contribution < -0.4 is 0 Å². The van der Waals surface area contributed by atoms with Crippen LogP contribution in [0.15, 0.2) is 0 Å².